The molecule has 0 fully saturated rings. The van der Waals surface area contributed by atoms with Gasteiger partial charge in [-0.1, -0.05) is 20.8 Å². The van der Waals surface area contributed by atoms with Crippen LogP contribution >= 0.6 is 0 Å². The quantitative estimate of drug-likeness (QED) is 0.860. The minimum atomic E-state index is -0.215. The molecule has 4 nitrogen and oxygen atoms in total. The monoisotopic (exact) mass is 266 g/mol. The lowest BCUT2D eigenvalue weighted by Crippen LogP contribution is -2.39. The Bertz CT molecular complexity index is 388. The maximum Gasteiger partial charge on any atom is 0.137 e. The van der Waals surface area contributed by atoms with Crippen molar-refractivity contribution in [2.45, 2.75) is 46.8 Å². The van der Waals surface area contributed by atoms with Crippen molar-refractivity contribution in [3.8, 4) is 5.75 Å². The molecule has 1 heterocycles. The van der Waals surface area contributed by atoms with Gasteiger partial charge in [0.25, 0.3) is 0 Å². The van der Waals surface area contributed by atoms with Gasteiger partial charge in [-0.05, 0) is 30.9 Å². The van der Waals surface area contributed by atoms with Gasteiger partial charge < -0.3 is 15.2 Å². The lowest BCUT2D eigenvalue weighted by Gasteiger charge is -2.35. The molecule has 0 saturated heterocycles. The molecule has 2 unspecified atom stereocenters. The van der Waals surface area contributed by atoms with Crippen molar-refractivity contribution >= 4 is 0 Å². The lowest BCUT2D eigenvalue weighted by atomic mass is 9.82. The molecule has 4 heteroatoms. The first-order chi connectivity index (χ1) is 8.90. The standard InChI is InChI=1S/C15H26N2O2/c1-6-18-12-8-11(9-17-10-12)13(16)14(19-7-2)15(3,4)5/h8-10,13-14H,6-7,16H2,1-5H3. The van der Waals surface area contributed by atoms with E-state index in [4.69, 9.17) is 15.2 Å². The zero-order valence-corrected chi connectivity index (χ0v) is 12.6. The number of aromatic nitrogens is 1. The second-order valence-corrected chi connectivity index (χ2v) is 5.65. The molecule has 1 aromatic heterocycles. The first-order valence-corrected chi connectivity index (χ1v) is 6.85. The highest BCUT2D eigenvalue weighted by atomic mass is 16.5. The highest BCUT2D eigenvalue weighted by Crippen LogP contribution is 2.32. The fourth-order valence-electron chi connectivity index (χ4n) is 2.11. The van der Waals surface area contributed by atoms with Crippen molar-refractivity contribution in [1.29, 1.82) is 0 Å². The SMILES string of the molecule is CCOc1cncc(C(N)C(OCC)C(C)(C)C)c1. The number of hydrogen-bond acceptors (Lipinski definition) is 4. The number of hydrogen-bond donors (Lipinski definition) is 1. The van der Waals surface area contributed by atoms with Crippen molar-refractivity contribution in [2.24, 2.45) is 11.1 Å². The Kier molecular flexibility index (Phi) is 5.76. The van der Waals surface area contributed by atoms with Crippen molar-refractivity contribution in [3.05, 3.63) is 24.0 Å². The largest absolute Gasteiger partial charge is 0.492 e. The van der Waals surface area contributed by atoms with Crippen LogP contribution in [-0.2, 0) is 4.74 Å². The summed E-state index contributed by atoms with van der Waals surface area (Å²) >= 11 is 0. The molecule has 1 aromatic rings. The number of rotatable bonds is 6. The summed E-state index contributed by atoms with van der Waals surface area (Å²) in [6.45, 7) is 11.6. The molecule has 2 atom stereocenters. The average Bonchev–Trinajstić information content (AvgIpc) is 2.34. The van der Waals surface area contributed by atoms with Crippen molar-refractivity contribution in [2.75, 3.05) is 13.2 Å². The Morgan fingerprint density at radius 3 is 2.42 bits per heavy atom. The van der Waals surface area contributed by atoms with Crippen LogP contribution in [0, 0.1) is 5.41 Å². The molecule has 1 rings (SSSR count). The number of pyridine rings is 1. The number of nitrogens with zero attached hydrogens (tertiary/aromatic N) is 1. The third-order valence-corrected chi connectivity index (χ3v) is 2.96. The molecule has 0 aliphatic carbocycles. The Balaban J connectivity index is 2.95. The second-order valence-electron chi connectivity index (χ2n) is 5.65. The van der Waals surface area contributed by atoms with Crippen LogP contribution in [0.5, 0.6) is 5.75 Å². The summed E-state index contributed by atoms with van der Waals surface area (Å²) in [4.78, 5) is 4.19. The van der Waals surface area contributed by atoms with E-state index in [2.05, 4.69) is 25.8 Å². The molecule has 19 heavy (non-hydrogen) atoms. The predicted octanol–water partition coefficient (Wildman–Crippen LogP) is 2.93. The van der Waals surface area contributed by atoms with Gasteiger partial charge in [-0.2, -0.15) is 0 Å². The third kappa shape index (κ3) is 4.48. The summed E-state index contributed by atoms with van der Waals surface area (Å²) in [7, 11) is 0. The summed E-state index contributed by atoms with van der Waals surface area (Å²) in [5.41, 5.74) is 7.27. The van der Waals surface area contributed by atoms with Crippen LogP contribution < -0.4 is 10.5 Å². The van der Waals surface area contributed by atoms with E-state index in [-0.39, 0.29) is 17.6 Å². The summed E-state index contributed by atoms with van der Waals surface area (Å²) in [6, 6.07) is 1.73. The molecule has 0 aliphatic heterocycles. The van der Waals surface area contributed by atoms with Crippen LogP contribution in [0.2, 0.25) is 0 Å². The van der Waals surface area contributed by atoms with Crippen molar-refractivity contribution in [3.63, 3.8) is 0 Å². The maximum absolute atomic E-state index is 6.36. The van der Waals surface area contributed by atoms with E-state index in [1.165, 1.54) is 0 Å². The van der Waals surface area contributed by atoms with Crippen LogP contribution in [0.3, 0.4) is 0 Å². The average molecular weight is 266 g/mol. The van der Waals surface area contributed by atoms with E-state index in [1.54, 1.807) is 12.4 Å². The van der Waals surface area contributed by atoms with E-state index >= 15 is 0 Å². The maximum atomic E-state index is 6.36. The first-order valence-electron chi connectivity index (χ1n) is 6.85. The van der Waals surface area contributed by atoms with Crippen molar-refractivity contribution in [1.82, 2.24) is 4.98 Å². The van der Waals surface area contributed by atoms with Gasteiger partial charge in [-0.3, -0.25) is 4.98 Å². The van der Waals surface area contributed by atoms with Gasteiger partial charge in [0, 0.05) is 12.8 Å². The predicted molar refractivity (Wildman–Crippen MR) is 77.2 cm³/mol. The molecule has 0 radical (unpaired) electrons. The summed E-state index contributed by atoms with van der Waals surface area (Å²) in [6.07, 6.45) is 3.42. The Hall–Kier alpha value is -1.13. The van der Waals surface area contributed by atoms with Gasteiger partial charge in [0.05, 0.1) is 24.9 Å². The van der Waals surface area contributed by atoms with Gasteiger partial charge in [-0.25, -0.2) is 0 Å². The van der Waals surface area contributed by atoms with Crippen LogP contribution in [0.1, 0.15) is 46.2 Å². The van der Waals surface area contributed by atoms with E-state index in [1.807, 2.05) is 19.9 Å². The first kappa shape index (κ1) is 15.9. The zero-order valence-electron chi connectivity index (χ0n) is 12.6. The van der Waals surface area contributed by atoms with E-state index in [9.17, 15) is 0 Å². The van der Waals surface area contributed by atoms with Crippen LogP contribution in [-0.4, -0.2) is 24.3 Å². The number of nitrogens with two attached hydrogens (primary N) is 1. The van der Waals surface area contributed by atoms with Gasteiger partial charge in [0.2, 0.25) is 0 Å². The van der Waals surface area contributed by atoms with Gasteiger partial charge in [0.1, 0.15) is 5.75 Å². The molecular weight excluding hydrogens is 240 g/mol. The second kappa shape index (κ2) is 6.87. The highest BCUT2D eigenvalue weighted by Gasteiger charge is 2.32. The topological polar surface area (TPSA) is 57.4 Å². The molecule has 0 saturated carbocycles. The normalized spacial score (nSPS) is 15.1. The molecule has 108 valence electrons. The third-order valence-electron chi connectivity index (χ3n) is 2.96. The molecule has 2 N–H and O–H groups in total. The van der Waals surface area contributed by atoms with Crippen LogP contribution in [0.25, 0.3) is 0 Å². The van der Waals surface area contributed by atoms with Crippen LogP contribution in [0.4, 0.5) is 0 Å². The van der Waals surface area contributed by atoms with Gasteiger partial charge in [-0.15, -0.1) is 0 Å². The Morgan fingerprint density at radius 1 is 1.21 bits per heavy atom. The minimum Gasteiger partial charge on any atom is -0.492 e. The van der Waals surface area contributed by atoms with Crippen molar-refractivity contribution < 1.29 is 9.47 Å². The molecule has 0 bridgehead atoms. The van der Waals surface area contributed by atoms with Gasteiger partial charge >= 0.3 is 0 Å². The lowest BCUT2D eigenvalue weighted by molar-refractivity contribution is -0.0284. The summed E-state index contributed by atoms with van der Waals surface area (Å²) in [5.74, 6) is 0.750. The van der Waals surface area contributed by atoms with E-state index in [0.29, 0.717) is 13.2 Å². The smallest absolute Gasteiger partial charge is 0.137 e. The molecule has 0 amide bonds. The fraction of sp³-hybridized carbons (Fsp3) is 0.667. The van der Waals surface area contributed by atoms with Gasteiger partial charge in [0.15, 0.2) is 0 Å². The Labute approximate surface area is 116 Å². The molecule has 0 spiro atoms. The number of ether oxygens (including phenoxy) is 2. The molecule has 0 aliphatic rings. The highest BCUT2D eigenvalue weighted by molar-refractivity contribution is 5.26. The minimum absolute atomic E-state index is 0.0307. The summed E-state index contributed by atoms with van der Waals surface area (Å²) < 4.78 is 11.3. The molecule has 0 aromatic carbocycles. The molecular formula is C15H26N2O2. The zero-order chi connectivity index (χ0) is 14.5. The Morgan fingerprint density at radius 2 is 1.89 bits per heavy atom. The summed E-state index contributed by atoms with van der Waals surface area (Å²) in [5, 5.41) is 0. The van der Waals surface area contributed by atoms with Crippen LogP contribution in [0.15, 0.2) is 18.5 Å². The van der Waals surface area contributed by atoms with E-state index in [0.717, 1.165) is 11.3 Å². The fourth-order valence-corrected chi connectivity index (χ4v) is 2.11. The van der Waals surface area contributed by atoms with E-state index < -0.39 is 0 Å².